The van der Waals surface area contributed by atoms with Gasteiger partial charge in [-0.1, -0.05) is 45.0 Å². The minimum atomic E-state index is -1.37. The van der Waals surface area contributed by atoms with E-state index in [4.69, 9.17) is 0 Å². The topological polar surface area (TPSA) is 0 Å². The van der Waals surface area contributed by atoms with Gasteiger partial charge in [-0.25, -0.2) is 17.6 Å². The Labute approximate surface area is 121 Å². The maximum absolute atomic E-state index is 13.9. The highest BCUT2D eigenvalue weighted by atomic mass is 19.2. The predicted molar refractivity (Wildman–Crippen MR) is 75.1 cm³/mol. The predicted octanol–water partition coefficient (Wildman–Crippen LogP) is 5.52. The van der Waals surface area contributed by atoms with Crippen LogP contribution in [0.2, 0.25) is 0 Å². The lowest BCUT2D eigenvalue weighted by molar-refractivity contribution is 0.449. The van der Waals surface area contributed by atoms with E-state index >= 15 is 0 Å². The second-order valence-corrected chi connectivity index (χ2v) is 6.08. The summed E-state index contributed by atoms with van der Waals surface area (Å²) in [5.74, 6) is -5.45. The van der Waals surface area contributed by atoms with Crippen LogP contribution in [-0.4, -0.2) is 0 Å². The Morgan fingerprint density at radius 1 is 0.714 bits per heavy atom. The zero-order valence-corrected chi connectivity index (χ0v) is 12.3. The van der Waals surface area contributed by atoms with Crippen LogP contribution < -0.4 is 0 Å². The molecule has 0 saturated carbocycles. The summed E-state index contributed by atoms with van der Waals surface area (Å²) < 4.78 is 55.1. The van der Waals surface area contributed by atoms with E-state index in [0.29, 0.717) is 0 Å². The Morgan fingerprint density at radius 2 is 1.14 bits per heavy atom. The van der Waals surface area contributed by atoms with Crippen molar-refractivity contribution in [3.8, 4) is 11.1 Å². The van der Waals surface area contributed by atoms with Crippen molar-refractivity contribution in [2.45, 2.75) is 33.1 Å². The van der Waals surface area contributed by atoms with Gasteiger partial charge < -0.3 is 0 Å². The maximum Gasteiger partial charge on any atom is 0.170 e. The van der Waals surface area contributed by atoms with E-state index in [9.17, 15) is 17.6 Å². The molecule has 0 aliphatic rings. The van der Waals surface area contributed by atoms with Crippen molar-refractivity contribution in [3.05, 3.63) is 58.7 Å². The molecule has 2 rings (SSSR count). The molecule has 0 saturated heterocycles. The Bertz CT molecular complexity index is 650. The van der Waals surface area contributed by atoms with Gasteiger partial charge in [-0.15, -0.1) is 0 Å². The average Bonchev–Trinajstić information content (AvgIpc) is 2.43. The van der Waals surface area contributed by atoms with Crippen LogP contribution in [0.4, 0.5) is 17.6 Å². The highest BCUT2D eigenvalue weighted by Gasteiger charge is 2.24. The summed E-state index contributed by atoms with van der Waals surface area (Å²) in [4.78, 5) is 0. The van der Waals surface area contributed by atoms with Gasteiger partial charge in [0.25, 0.3) is 0 Å². The molecule has 4 heteroatoms. The Kier molecular flexibility index (Phi) is 3.83. The van der Waals surface area contributed by atoms with Crippen molar-refractivity contribution < 1.29 is 17.6 Å². The molecular formula is C17H16F4. The molecule has 0 aliphatic carbocycles. The Morgan fingerprint density at radius 3 is 1.52 bits per heavy atom. The van der Waals surface area contributed by atoms with Crippen molar-refractivity contribution in [3.63, 3.8) is 0 Å². The smallest absolute Gasteiger partial charge is 0.170 e. The minimum Gasteiger partial charge on any atom is -0.203 e. The Balaban J connectivity index is 2.63. The first-order chi connectivity index (χ1) is 9.64. The molecule has 0 nitrogen and oxygen atoms in total. The number of halogens is 4. The summed E-state index contributed by atoms with van der Waals surface area (Å²) in [6.45, 7) is 6.99. The molecule has 0 fully saturated rings. The van der Waals surface area contributed by atoms with Gasteiger partial charge in [0.15, 0.2) is 23.3 Å². The van der Waals surface area contributed by atoms with Gasteiger partial charge in [0.1, 0.15) is 0 Å². The average molecular weight is 296 g/mol. The molecule has 0 radical (unpaired) electrons. The summed E-state index contributed by atoms with van der Waals surface area (Å²) >= 11 is 0. The quantitative estimate of drug-likeness (QED) is 0.480. The van der Waals surface area contributed by atoms with Gasteiger partial charge in [-0.05, 0) is 23.5 Å². The molecule has 0 atom stereocenters. The van der Waals surface area contributed by atoms with Crippen LogP contribution in [0.1, 0.15) is 31.9 Å². The third kappa shape index (κ3) is 2.67. The first-order valence-corrected chi connectivity index (χ1v) is 6.58. The van der Waals surface area contributed by atoms with Crippen LogP contribution in [0.15, 0.2) is 24.3 Å². The van der Waals surface area contributed by atoms with E-state index in [1.54, 1.807) is 12.1 Å². The molecule has 0 heterocycles. The van der Waals surface area contributed by atoms with E-state index in [1.807, 2.05) is 20.8 Å². The first kappa shape index (κ1) is 15.5. The van der Waals surface area contributed by atoms with E-state index in [2.05, 4.69) is 0 Å². The van der Waals surface area contributed by atoms with Gasteiger partial charge in [-0.2, -0.15) is 0 Å². The zero-order valence-electron chi connectivity index (χ0n) is 12.3. The second kappa shape index (κ2) is 5.17. The summed E-state index contributed by atoms with van der Waals surface area (Å²) in [5, 5.41) is 0. The molecule has 0 aliphatic heterocycles. The van der Waals surface area contributed by atoms with Crippen molar-refractivity contribution >= 4 is 0 Å². The molecule has 0 N–H and O–H groups in total. The van der Waals surface area contributed by atoms with E-state index in [-0.39, 0.29) is 11.0 Å². The summed E-state index contributed by atoms with van der Waals surface area (Å²) in [6, 6.07) is 6.33. The minimum absolute atomic E-state index is 0.107. The Hall–Kier alpha value is -1.84. The summed E-state index contributed by atoms with van der Waals surface area (Å²) in [7, 11) is 0. The molecule has 2 aromatic rings. The SMILES string of the molecule is Cc1c(F)c(F)c(-c2ccc(C(C)(C)C)cc2)c(F)c1F. The van der Waals surface area contributed by atoms with Crippen molar-refractivity contribution in [1.82, 2.24) is 0 Å². The van der Waals surface area contributed by atoms with Gasteiger partial charge in [0, 0.05) is 5.56 Å². The molecule has 21 heavy (non-hydrogen) atoms. The molecule has 0 spiro atoms. The fourth-order valence-electron chi connectivity index (χ4n) is 2.13. The van der Waals surface area contributed by atoms with E-state index in [1.165, 1.54) is 12.1 Å². The van der Waals surface area contributed by atoms with E-state index < -0.39 is 34.4 Å². The summed E-state index contributed by atoms with van der Waals surface area (Å²) in [5.41, 5.74) is -0.383. The van der Waals surface area contributed by atoms with Crippen molar-refractivity contribution in [2.75, 3.05) is 0 Å². The lowest BCUT2D eigenvalue weighted by Gasteiger charge is -2.19. The third-order valence-electron chi connectivity index (χ3n) is 3.52. The van der Waals surface area contributed by atoms with E-state index in [0.717, 1.165) is 12.5 Å². The lowest BCUT2D eigenvalue weighted by atomic mass is 9.86. The van der Waals surface area contributed by atoms with Gasteiger partial charge in [-0.3, -0.25) is 0 Å². The van der Waals surface area contributed by atoms with Crippen LogP contribution >= 0.6 is 0 Å². The third-order valence-corrected chi connectivity index (χ3v) is 3.52. The molecule has 112 valence electrons. The molecule has 2 aromatic carbocycles. The van der Waals surface area contributed by atoms with Crippen LogP contribution in [-0.2, 0) is 5.41 Å². The number of benzene rings is 2. The van der Waals surface area contributed by atoms with Gasteiger partial charge in [0.2, 0.25) is 0 Å². The zero-order chi connectivity index (χ0) is 15.9. The van der Waals surface area contributed by atoms with Crippen molar-refractivity contribution in [2.24, 2.45) is 0 Å². The first-order valence-electron chi connectivity index (χ1n) is 6.58. The largest absolute Gasteiger partial charge is 0.203 e. The monoisotopic (exact) mass is 296 g/mol. The molecule has 0 amide bonds. The normalized spacial score (nSPS) is 11.8. The highest BCUT2D eigenvalue weighted by molar-refractivity contribution is 5.66. The molecule has 0 aromatic heterocycles. The van der Waals surface area contributed by atoms with Gasteiger partial charge >= 0.3 is 0 Å². The lowest BCUT2D eigenvalue weighted by Crippen LogP contribution is -2.10. The highest BCUT2D eigenvalue weighted by Crippen LogP contribution is 2.33. The fourth-order valence-corrected chi connectivity index (χ4v) is 2.13. The molecule has 0 bridgehead atoms. The van der Waals surface area contributed by atoms with Crippen LogP contribution in [0.3, 0.4) is 0 Å². The summed E-state index contributed by atoms with van der Waals surface area (Å²) in [6.07, 6.45) is 0. The van der Waals surface area contributed by atoms with Crippen LogP contribution in [0, 0.1) is 30.2 Å². The van der Waals surface area contributed by atoms with Crippen molar-refractivity contribution in [1.29, 1.82) is 0 Å². The second-order valence-electron chi connectivity index (χ2n) is 6.08. The fraction of sp³-hybridized carbons (Fsp3) is 0.294. The number of rotatable bonds is 1. The maximum atomic E-state index is 13.9. The standard InChI is InChI=1S/C17H16F4/c1-9-13(18)15(20)12(16(21)14(9)19)10-5-7-11(8-6-10)17(2,3)4/h5-8H,1-4H3. The van der Waals surface area contributed by atoms with Gasteiger partial charge in [0.05, 0.1) is 5.56 Å². The van der Waals surface area contributed by atoms with Crippen LogP contribution in [0.25, 0.3) is 11.1 Å². The molecule has 0 unspecified atom stereocenters. The molecular weight excluding hydrogens is 280 g/mol. The van der Waals surface area contributed by atoms with Crippen LogP contribution in [0.5, 0.6) is 0 Å². The number of hydrogen-bond donors (Lipinski definition) is 0. The number of hydrogen-bond acceptors (Lipinski definition) is 0.